The van der Waals surface area contributed by atoms with Gasteiger partial charge in [0.15, 0.2) is 0 Å². The van der Waals surface area contributed by atoms with Gasteiger partial charge in [0, 0.05) is 18.0 Å². The third-order valence-corrected chi connectivity index (χ3v) is 4.01. The van der Waals surface area contributed by atoms with Crippen molar-refractivity contribution in [3.63, 3.8) is 0 Å². The van der Waals surface area contributed by atoms with E-state index in [1.54, 1.807) is 6.92 Å². The van der Waals surface area contributed by atoms with Crippen LogP contribution in [0, 0.1) is 11.3 Å². The molecule has 2 rings (SSSR count). The number of hydrogen-bond acceptors (Lipinski definition) is 2. The maximum Gasteiger partial charge on any atom is 0.416 e. The summed E-state index contributed by atoms with van der Waals surface area (Å²) in [6, 6.07) is 0.936. The standard InChI is InChI=1S/C14H18F3NO/c1-9-6-12(2,3)8-13(9,19)11-7-18-5-4-10(11)14(15,16)17/h4-5,7,9,19H,6,8H2,1-3H3. The fourth-order valence-electron chi connectivity index (χ4n) is 3.32. The summed E-state index contributed by atoms with van der Waals surface area (Å²) in [6.45, 7) is 5.72. The fourth-order valence-corrected chi connectivity index (χ4v) is 3.32. The highest BCUT2D eigenvalue weighted by Crippen LogP contribution is 2.54. The van der Waals surface area contributed by atoms with Crippen molar-refractivity contribution in [1.29, 1.82) is 0 Å². The molecule has 1 fully saturated rings. The van der Waals surface area contributed by atoms with Crippen LogP contribution in [0.3, 0.4) is 0 Å². The number of alkyl halides is 3. The Kier molecular flexibility index (Phi) is 3.16. The normalized spacial score (nSPS) is 30.6. The zero-order chi connectivity index (χ0) is 14.5. The summed E-state index contributed by atoms with van der Waals surface area (Å²) in [5, 5.41) is 10.8. The lowest BCUT2D eigenvalue weighted by atomic mass is 9.82. The van der Waals surface area contributed by atoms with Crippen LogP contribution in [0.4, 0.5) is 13.2 Å². The summed E-state index contributed by atoms with van der Waals surface area (Å²) in [7, 11) is 0. The van der Waals surface area contributed by atoms with Crippen LogP contribution in [-0.4, -0.2) is 10.1 Å². The molecule has 1 N–H and O–H groups in total. The van der Waals surface area contributed by atoms with Crippen molar-refractivity contribution in [3.8, 4) is 0 Å². The second-order valence-electron chi connectivity index (χ2n) is 6.29. The van der Waals surface area contributed by atoms with Crippen LogP contribution < -0.4 is 0 Å². The summed E-state index contributed by atoms with van der Waals surface area (Å²) >= 11 is 0. The average molecular weight is 273 g/mol. The highest BCUT2D eigenvalue weighted by molar-refractivity contribution is 5.33. The van der Waals surface area contributed by atoms with Crippen molar-refractivity contribution in [2.24, 2.45) is 11.3 Å². The van der Waals surface area contributed by atoms with Crippen molar-refractivity contribution in [2.45, 2.75) is 45.4 Å². The first kappa shape index (κ1) is 14.3. The van der Waals surface area contributed by atoms with Gasteiger partial charge in [-0.05, 0) is 30.2 Å². The number of hydrogen-bond donors (Lipinski definition) is 1. The molecule has 0 radical (unpaired) electrons. The highest BCUT2D eigenvalue weighted by Gasteiger charge is 2.51. The summed E-state index contributed by atoms with van der Waals surface area (Å²) in [4.78, 5) is 3.77. The van der Waals surface area contributed by atoms with E-state index in [0.29, 0.717) is 12.8 Å². The summed E-state index contributed by atoms with van der Waals surface area (Å²) in [6.07, 6.45) is -1.20. The first-order valence-corrected chi connectivity index (χ1v) is 6.30. The zero-order valence-electron chi connectivity index (χ0n) is 11.3. The number of aromatic nitrogens is 1. The molecule has 0 aromatic carbocycles. The van der Waals surface area contributed by atoms with E-state index >= 15 is 0 Å². The molecular formula is C14H18F3NO. The number of pyridine rings is 1. The zero-order valence-corrected chi connectivity index (χ0v) is 11.3. The first-order valence-electron chi connectivity index (χ1n) is 6.30. The van der Waals surface area contributed by atoms with Crippen LogP contribution in [0.25, 0.3) is 0 Å². The second kappa shape index (κ2) is 4.20. The SMILES string of the molecule is CC1CC(C)(C)CC1(O)c1cnccc1C(F)(F)F. The monoisotopic (exact) mass is 273 g/mol. The molecule has 1 aromatic heterocycles. The van der Waals surface area contributed by atoms with Crippen molar-refractivity contribution in [2.75, 3.05) is 0 Å². The van der Waals surface area contributed by atoms with Gasteiger partial charge >= 0.3 is 6.18 Å². The van der Waals surface area contributed by atoms with Gasteiger partial charge < -0.3 is 5.11 Å². The minimum atomic E-state index is -4.47. The maximum atomic E-state index is 13.1. The second-order valence-corrected chi connectivity index (χ2v) is 6.29. The van der Waals surface area contributed by atoms with Gasteiger partial charge in [-0.1, -0.05) is 20.8 Å². The Morgan fingerprint density at radius 1 is 1.37 bits per heavy atom. The van der Waals surface area contributed by atoms with E-state index < -0.39 is 17.3 Å². The Bertz CT molecular complexity index is 484. The lowest BCUT2D eigenvalue weighted by molar-refractivity contribution is -0.141. The molecular weight excluding hydrogens is 255 g/mol. The largest absolute Gasteiger partial charge is 0.416 e. The summed E-state index contributed by atoms with van der Waals surface area (Å²) in [5.41, 5.74) is -2.51. The van der Waals surface area contributed by atoms with Gasteiger partial charge in [-0.25, -0.2) is 0 Å². The van der Waals surface area contributed by atoms with Crippen LogP contribution >= 0.6 is 0 Å². The van der Waals surface area contributed by atoms with Crippen LogP contribution in [0.15, 0.2) is 18.5 Å². The molecule has 2 unspecified atom stereocenters. The predicted molar refractivity (Wildman–Crippen MR) is 65.3 cm³/mol. The van der Waals surface area contributed by atoms with Gasteiger partial charge in [-0.2, -0.15) is 13.2 Å². The smallest absolute Gasteiger partial charge is 0.385 e. The molecule has 0 spiro atoms. The molecule has 0 aliphatic heterocycles. The Balaban J connectivity index is 2.54. The third-order valence-electron chi connectivity index (χ3n) is 4.01. The summed E-state index contributed by atoms with van der Waals surface area (Å²) < 4.78 is 39.2. The van der Waals surface area contributed by atoms with Crippen molar-refractivity contribution in [3.05, 3.63) is 29.6 Å². The molecule has 106 valence electrons. The van der Waals surface area contributed by atoms with E-state index in [1.807, 2.05) is 13.8 Å². The molecule has 1 heterocycles. The quantitative estimate of drug-likeness (QED) is 0.845. The van der Waals surface area contributed by atoms with E-state index in [0.717, 1.165) is 18.5 Å². The van der Waals surface area contributed by atoms with Crippen molar-refractivity contribution in [1.82, 2.24) is 4.98 Å². The Morgan fingerprint density at radius 3 is 2.47 bits per heavy atom. The van der Waals surface area contributed by atoms with Crippen LogP contribution in [-0.2, 0) is 11.8 Å². The summed E-state index contributed by atoms with van der Waals surface area (Å²) in [5.74, 6) is -0.229. The van der Waals surface area contributed by atoms with Crippen LogP contribution in [0.5, 0.6) is 0 Å². The molecule has 1 saturated carbocycles. The molecule has 5 heteroatoms. The Hall–Kier alpha value is -1.10. The number of nitrogens with zero attached hydrogens (tertiary/aromatic N) is 1. The molecule has 1 aliphatic carbocycles. The Labute approximate surface area is 110 Å². The molecule has 0 saturated heterocycles. The molecule has 2 nitrogen and oxygen atoms in total. The minimum absolute atomic E-state index is 0.0967. The van der Waals surface area contributed by atoms with Crippen molar-refractivity contribution < 1.29 is 18.3 Å². The highest BCUT2D eigenvalue weighted by atomic mass is 19.4. The number of rotatable bonds is 1. The predicted octanol–water partition coefficient (Wildman–Crippen LogP) is 3.74. The van der Waals surface area contributed by atoms with E-state index in [-0.39, 0.29) is 16.9 Å². The molecule has 0 bridgehead atoms. The lowest BCUT2D eigenvalue weighted by Gasteiger charge is -2.31. The Morgan fingerprint density at radius 2 is 2.00 bits per heavy atom. The van der Waals surface area contributed by atoms with Gasteiger partial charge in [0.2, 0.25) is 0 Å². The lowest BCUT2D eigenvalue weighted by Crippen LogP contribution is -2.32. The van der Waals surface area contributed by atoms with Crippen molar-refractivity contribution >= 4 is 0 Å². The van der Waals surface area contributed by atoms with E-state index in [4.69, 9.17) is 0 Å². The third kappa shape index (κ3) is 2.48. The van der Waals surface area contributed by atoms with E-state index in [9.17, 15) is 18.3 Å². The molecule has 0 amide bonds. The van der Waals surface area contributed by atoms with Gasteiger partial charge in [0.05, 0.1) is 11.2 Å². The van der Waals surface area contributed by atoms with E-state index in [1.165, 1.54) is 0 Å². The minimum Gasteiger partial charge on any atom is -0.385 e. The first-order chi connectivity index (χ1) is 8.56. The van der Waals surface area contributed by atoms with E-state index in [2.05, 4.69) is 4.98 Å². The van der Waals surface area contributed by atoms with Crippen LogP contribution in [0.1, 0.15) is 44.7 Å². The van der Waals surface area contributed by atoms with Gasteiger partial charge in [0.1, 0.15) is 0 Å². The fraction of sp³-hybridized carbons (Fsp3) is 0.643. The van der Waals surface area contributed by atoms with Gasteiger partial charge in [-0.3, -0.25) is 4.98 Å². The average Bonchev–Trinajstić information content (AvgIpc) is 2.47. The maximum absolute atomic E-state index is 13.1. The number of aliphatic hydroxyl groups is 1. The molecule has 2 atom stereocenters. The molecule has 1 aromatic rings. The van der Waals surface area contributed by atoms with Gasteiger partial charge in [-0.15, -0.1) is 0 Å². The molecule has 19 heavy (non-hydrogen) atoms. The van der Waals surface area contributed by atoms with Gasteiger partial charge in [0.25, 0.3) is 0 Å². The van der Waals surface area contributed by atoms with Crippen LogP contribution in [0.2, 0.25) is 0 Å². The topological polar surface area (TPSA) is 33.1 Å². The number of halogens is 3. The molecule has 1 aliphatic rings.